The molecule has 2 atom stereocenters. The summed E-state index contributed by atoms with van der Waals surface area (Å²) in [4.78, 5) is 2.84. The Morgan fingerprint density at radius 2 is 1.62 bits per heavy atom. The summed E-state index contributed by atoms with van der Waals surface area (Å²) in [5.74, 6) is 4.03. The van der Waals surface area contributed by atoms with Gasteiger partial charge in [-0.1, -0.05) is 41.5 Å². The van der Waals surface area contributed by atoms with Crippen LogP contribution in [-0.4, -0.2) is 36.1 Å². The van der Waals surface area contributed by atoms with Crippen LogP contribution in [0, 0.1) is 29.6 Å². The summed E-state index contributed by atoms with van der Waals surface area (Å²) in [7, 11) is 0. The zero-order chi connectivity index (χ0) is 15.8. The molecule has 124 valence electrons. The van der Waals surface area contributed by atoms with Crippen LogP contribution < -0.4 is 5.32 Å². The summed E-state index contributed by atoms with van der Waals surface area (Å²) < 4.78 is 0. The monoisotopic (exact) mass is 294 g/mol. The highest BCUT2D eigenvalue weighted by Gasteiger charge is 2.46. The molecule has 0 radical (unpaired) electrons. The van der Waals surface area contributed by atoms with E-state index in [-0.39, 0.29) is 0 Å². The van der Waals surface area contributed by atoms with Crippen LogP contribution in [0.25, 0.3) is 0 Å². The van der Waals surface area contributed by atoms with Crippen molar-refractivity contribution in [1.82, 2.24) is 10.2 Å². The Hall–Kier alpha value is -0.0800. The minimum absolute atomic E-state index is 0.365. The average molecular weight is 295 g/mol. The van der Waals surface area contributed by atoms with E-state index in [1.165, 1.54) is 32.5 Å². The van der Waals surface area contributed by atoms with Gasteiger partial charge in [0, 0.05) is 31.2 Å². The van der Waals surface area contributed by atoms with Crippen molar-refractivity contribution in [2.45, 2.75) is 72.9 Å². The fourth-order valence-electron chi connectivity index (χ4n) is 4.38. The van der Waals surface area contributed by atoms with Crippen molar-refractivity contribution in [3.8, 4) is 0 Å². The molecule has 1 saturated heterocycles. The van der Waals surface area contributed by atoms with Crippen LogP contribution in [-0.2, 0) is 0 Å². The fraction of sp³-hybridized carbons (Fsp3) is 1.00. The molecule has 1 N–H and O–H groups in total. The summed E-state index contributed by atoms with van der Waals surface area (Å²) >= 11 is 0. The molecule has 0 aromatic rings. The molecule has 2 rings (SSSR count). The number of hydrogen-bond donors (Lipinski definition) is 1. The van der Waals surface area contributed by atoms with Gasteiger partial charge in [0.1, 0.15) is 0 Å². The van der Waals surface area contributed by atoms with Crippen LogP contribution in [0.4, 0.5) is 0 Å². The summed E-state index contributed by atoms with van der Waals surface area (Å²) in [6, 6.07) is 0.705. The molecule has 2 unspecified atom stereocenters. The van der Waals surface area contributed by atoms with Crippen molar-refractivity contribution in [2.75, 3.05) is 19.6 Å². The molecule has 1 heterocycles. The molecule has 2 fully saturated rings. The second-order valence-electron chi connectivity index (χ2n) is 8.97. The molecule has 2 heteroatoms. The first kappa shape index (κ1) is 17.3. The van der Waals surface area contributed by atoms with Gasteiger partial charge in [-0.15, -0.1) is 0 Å². The van der Waals surface area contributed by atoms with E-state index in [1.54, 1.807) is 0 Å². The van der Waals surface area contributed by atoms with E-state index in [1.807, 2.05) is 0 Å². The van der Waals surface area contributed by atoms with Crippen LogP contribution >= 0.6 is 0 Å². The predicted octanol–water partition coefficient (Wildman–Crippen LogP) is 4.01. The van der Waals surface area contributed by atoms with Gasteiger partial charge in [0.15, 0.2) is 0 Å². The molecule has 0 aromatic heterocycles. The molecule has 0 spiro atoms. The van der Waals surface area contributed by atoms with Crippen molar-refractivity contribution >= 4 is 0 Å². The van der Waals surface area contributed by atoms with E-state index < -0.39 is 0 Å². The number of hydrogen-bond acceptors (Lipinski definition) is 2. The van der Waals surface area contributed by atoms with Gasteiger partial charge in [-0.2, -0.15) is 0 Å². The highest BCUT2D eigenvalue weighted by atomic mass is 15.3. The van der Waals surface area contributed by atoms with Crippen molar-refractivity contribution in [3.63, 3.8) is 0 Å². The Morgan fingerprint density at radius 3 is 2.05 bits per heavy atom. The maximum Gasteiger partial charge on any atom is 0.0309 e. The summed E-state index contributed by atoms with van der Waals surface area (Å²) in [5.41, 5.74) is 0.365. The first-order valence-corrected chi connectivity index (χ1v) is 9.23. The fourth-order valence-corrected chi connectivity index (χ4v) is 4.38. The largest absolute Gasteiger partial charge is 0.308 e. The van der Waals surface area contributed by atoms with E-state index in [0.29, 0.717) is 11.6 Å². The van der Waals surface area contributed by atoms with Gasteiger partial charge in [-0.05, 0) is 49.4 Å². The van der Waals surface area contributed by atoms with Crippen molar-refractivity contribution in [3.05, 3.63) is 0 Å². The molecule has 2 nitrogen and oxygen atoms in total. The lowest BCUT2D eigenvalue weighted by molar-refractivity contribution is 0.0263. The summed E-state index contributed by atoms with van der Waals surface area (Å²) in [5, 5.41) is 3.91. The summed E-state index contributed by atoms with van der Waals surface area (Å²) in [6.45, 7) is 20.5. The zero-order valence-corrected chi connectivity index (χ0v) is 15.4. The topological polar surface area (TPSA) is 15.3 Å². The van der Waals surface area contributed by atoms with E-state index in [0.717, 1.165) is 29.6 Å². The molecule has 0 amide bonds. The standard InChI is InChI=1S/C19H38N2/c1-13(2)17(14(3)4)11-21-12-19(7,16-8-9-16)20-10-18(21)15(5)6/h13-18,20H,8-12H2,1-7H3. The number of nitrogens with zero attached hydrogens (tertiary/aromatic N) is 1. The van der Waals surface area contributed by atoms with Gasteiger partial charge < -0.3 is 5.32 Å². The molecule has 1 aliphatic carbocycles. The van der Waals surface area contributed by atoms with Gasteiger partial charge in [-0.25, -0.2) is 0 Å². The Kier molecular flexibility index (Phi) is 5.41. The van der Waals surface area contributed by atoms with E-state index in [2.05, 4.69) is 58.7 Å². The number of nitrogens with one attached hydrogen (secondary N) is 1. The van der Waals surface area contributed by atoms with Crippen molar-refractivity contribution in [1.29, 1.82) is 0 Å². The van der Waals surface area contributed by atoms with Gasteiger partial charge in [0.25, 0.3) is 0 Å². The van der Waals surface area contributed by atoms with Crippen LogP contribution in [0.15, 0.2) is 0 Å². The van der Waals surface area contributed by atoms with Crippen LogP contribution in [0.3, 0.4) is 0 Å². The van der Waals surface area contributed by atoms with Gasteiger partial charge >= 0.3 is 0 Å². The molecule has 2 aliphatic rings. The first-order chi connectivity index (χ1) is 9.74. The van der Waals surface area contributed by atoms with Gasteiger partial charge in [0.05, 0.1) is 0 Å². The lowest BCUT2D eigenvalue weighted by Gasteiger charge is -2.50. The second kappa shape index (κ2) is 6.58. The highest BCUT2D eigenvalue weighted by Crippen LogP contribution is 2.42. The maximum atomic E-state index is 3.91. The third-order valence-electron chi connectivity index (χ3n) is 6.12. The number of piperazine rings is 1. The highest BCUT2D eigenvalue weighted by molar-refractivity contribution is 5.04. The van der Waals surface area contributed by atoms with E-state index >= 15 is 0 Å². The third kappa shape index (κ3) is 4.01. The van der Waals surface area contributed by atoms with Crippen LogP contribution in [0.2, 0.25) is 0 Å². The van der Waals surface area contributed by atoms with E-state index in [9.17, 15) is 0 Å². The smallest absolute Gasteiger partial charge is 0.0309 e. The van der Waals surface area contributed by atoms with E-state index in [4.69, 9.17) is 0 Å². The molecular formula is C19H38N2. The Labute approximate surface area is 133 Å². The lowest BCUT2D eigenvalue weighted by atomic mass is 9.82. The quantitative estimate of drug-likeness (QED) is 0.796. The minimum Gasteiger partial charge on any atom is -0.308 e. The molecule has 1 aliphatic heterocycles. The molecule has 21 heavy (non-hydrogen) atoms. The maximum absolute atomic E-state index is 3.91. The number of rotatable bonds is 6. The zero-order valence-electron chi connectivity index (χ0n) is 15.4. The molecular weight excluding hydrogens is 256 g/mol. The average Bonchev–Trinajstić information content (AvgIpc) is 3.19. The normalized spacial score (nSPS) is 31.9. The lowest BCUT2D eigenvalue weighted by Crippen LogP contribution is -2.65. The first-order valence-electron chi connectivity index (χ1n) is 9.23. The van der Waals surface area contributed by atoms with Crippen molar-refractivity contribution < 1.29 is 0 Å². The molecule has 0 aromatic carbocycles. The predicted molar refractivity (Wildman–Crippen MR) is 92.5 cm³/mol. The Balaban J connectivity index is 2.09. The summed E-state index contributed by atoms with van der Waals surface area (Å²) in [6.07, 6.45) is 2.86. The van der Waals surface area contributed by atoms with Crippen LogP contribution in [0.1, 0.15) is 61.3 Å². The van der Waals surface area contributed by atoms with Gasteiger partial charge in [0.2, 0.25) is 0 Å². The van der Waals surface area contributed by atoms with Crippen LogP contribution in [0.5, 0.6) is 0 Å². The SMILES string of the molecule is CC(C)C(CN1CC(C)(C2CC2)NCC1C(C)C)C(C)C. The van der Waals surface area contributed by atoms with Crippen molar-refractivity contribution in [2.24, 2.45) is 29.6 Å². The Morgan fingerprint density at radius 1 is 1.05 bits per heavy atom. The molecule has 0 bridgehead atoms. The molecule has 1 saturated carbocycles. The second-order valence-corrected chi connectivity index (χ2v) is 8.97. The third-order valence-corrected chi connectivity index (χ3v) is 6.12. The minimum atomic E-state index is 0.365. The van der Waals surface area contributed by atoms with Gasteiger partial charge in [-0.3, -0.25) is 4.90 Å². The Bertz CT molecular complexity index is 324.